The van der Waals surface area contributed by atoms with Crippen LogP contribution in [0, 0.1) is 0 Å². The smallest absolute Gasteiger partial charge is 0.0158 e. The quantitative estimate of drug-likeness (QED) is 0.490. The van der Waals surface area contributed by atoms with Gasteiger partial charge in [-0.1, -0.05) is 23.3 Å². The number of nitrogens with one attached hydrogen (secondary N) is 1. The van der Waals surface area contributed by atoms with Gasteiger partial charge in [0.2, 0.25) is 0 Å². The number of allylic oxidation sites excluding steroid dienone is 3. The summed E-state index contributed by atoms with van der Waals surface area (Å²) in [6.07, 6.45) is 6.92. The predicted octanol–water partition coefficient (Wildman–Crippen LogP) is 2.90. The van der Waals surface area contributed by atoms with Crippen molar-refractivity contribution >= 4 is 0 Å². The van der Waals surface area contributed by atoms with E-state index in [0.717, 1.165) is 6.54 Å². The fraction of sp³-hybridized carbons (Fsp3) is 0.636. The summed E-state index contributed by atoms with van der Waals surface area (Å²) in [6.45, 7) is 7.46. The van der Waals surface area contributed by atoms with E-state index in [1.807, 2.05) is 7.05 Å². The van der Waals surface area contributed by atoms with Gasteiger partial charge in [-0.2, -0.15) is 0 Å². The summed E-state index contributed by atoms with van der Waals surface area (Å²) in [5.41, 5.74) is 2.84. The number of likely N-dealkylation sites (N-methyl/N-ethyl adjacent to an activating group) is 1. The van der Waals surface area contributed by atoms with E-state index in [1.54, 1.807) is 0 Å². The van der Waals surface area contributed by atoms with Crippen LogP contribution in [0.2, 0.25) is 0 Å². The van der Waals surface area contributed by atoms with E-state index in [9.17, 15) is 0 Å². The number of hydrogen-bond acceptors (Lipinski definition) is 1. The minimum atomic E-state index is 1.01. The highest BCUT2D eigenvalue weighted by Crippen LogP contribution is 2.00. The highest BCUT2D eigenvalue weighted by atomic mass is 14.8. The van der Waals surface area contributed by atoms with Crippen molar-refractivity contribution in [3.05, 3.63) is 23.3 Å². The summed E-state index contributed by atoms with van der Waals surface area (Å²) in [4.78, 5) is 0. The van der Waals surface area contributed by atoms with Gasteiger partial charge < -0.3 is 5.32 Å². The van der Waals surface area contributed by atoms with Crippen LogP contribution in [0.4, 0.5) is 0 Å². The summed E-state index contributed by atoms with van der Waals surface area (Å²) in [5, 5.41) is 3.13. The van der Waals surface area contributed by atoms with E-state index < -0.39 is 0 Å². The summed E-state index contributed by atoms with van der Waals surface area (Å²) >= 11 is 0. The second kappa shape index (κ2) is 7.11. The minimum Gasteiger partial charge on any atom is -0.316 e. The van der Waals surface area contributed by atoms with Crippen LogP contribution in [0.1, 0.15) is 33.6 Å². The average molecular weight is 167 g/mol. The lowest BCUT2D eigenvalue weighted by Crippen LogP contribution is -2.08. The van der Waals surface area contributed by atoms with E-state index >= 15 is 0 Å². The number of unbranched alkanes of at least 4 members (excludes halogenated alkanes) is 1. The van der Waals surface area contributed by atoms with Gasteiger partial charge in [0.05, 0.1) is 0 Å². The Balaban J connectivity index is 3.53. The van der Waals surface area contributed by atoms with Crippen molar-refractivity contribution < 1.29 is 0 Å². The molecule has 0 aromatic heterocycles. The minimum absolute atomic E-state index is 1.01. The van der Waals surface area contributed by atoms with E-state index in [-0.39, 0.29) is 0 Å². The Morgan fingerprint density at radius 1 is 1.08 bits per heavy atom. The van der Waals surface area contributed by atoms with Crippen molar-refractivity contribution in [2.45, 2.75) is 33.6 Å². The van der Waals surface area contributed by atoms with Crippen LogP contribution in [0.5, 0.6) is 0 Å². The van der Waals surface area contributed by atoms with Gasteiger partial charge in [-0.05, 0) is 40.7 Å². The molecule has 0 aliphatic carbocycles. The van der Waals surface area contributed by atoms with Gasteiger partial charge in [-0.15, -0.1) is 0 Å². The molecule has 1 nitrogen and oxygen atoms in total. The molecule has 1 heteroatoms. The van der Waals surface area contributed by atoms with E-state index in [0.29, 0.717) is 0 Å². The second-order valence-corrected chi connectivity index (χ2v) is 3.44. The highest BCUT2D eigenvalue weighted by molar-refractivity contribution is 5.02. The molecule has 0 aromatic rings. The third-order valence-corrected chi connectivity index (χ3v) is 1.67. The molecule has 0 unspecified atom stereocenters. The Kier molecular flexibility index (Phi) is 6.78. The fourth-order valence-corrected chi connectivity index (χ4v) is 1.05. The zero-order chi connectivity index (χ0) is 9.40. The average Bonchev–Trinajstić information content (AvgIpc) is 1.98. The van der Waals surface area contributed by atoms with Gasteiger partial charge in [-0.3, -0.25) is 0 Å². The first-order chi connectivity index (χ1) is 5.66. The van der Waals surface area contributed by atoms with Crippen LogP contribution in [0.3, 0.4) is 0 Å². The summed E-state index contributed by atoms with van der Waals surface area (Å²) in [7, 11) is 1.98. The highest BCUT2D eigenvalue weighted by Gasteiger charge is 1.85. The molecule has 0 saturated heterocycles. The molecular weight excluding hydrogens is 146 g/mol. The molecule has 0 radical (unpaired) electrons. The molecule has 70 valence electrons. The van der Waals surface area contributed by atoms with Crippen LogP contribution in [0.15, 0.2) is 23.3 Å². The van der Waals surface area contributed by atoms with Gasteiger partial charge in [0.1, 0.15) is 0 Å². The molecule has 0 atom stereocenters. The SMILES string of the molecule is CNC/C(C)=C/CCC=C(C)C. The van der Waals surface area contributed by atoms with Crippen LogP contribution in [0.25, 0.3) is 0 Å². The van der Waals surface area contributed by atoms with Gasteiger partial charge in [0, 0.05) is 6.54 Å². The van der Waals surface area contributed by atoms with Crippen LogP contribution in [-0.4, -0.2) is 13.6 Å². The molecule has 0 spiro atoms. The van der Waals surface area contributed by atoms with Crippen molar-refractivity contribution in [2.75, 3.05) is 13.6 Å². The van der Waals surface area contributed by atoms with Crippen molar-refractivity contribution in [2.24, 2.45) is 0 Å². The largest absolute Gasteiger partial charge is 0.316 e. The van der Waals surface area contributed by atoms with Crippen molar-refractivity contribution in [1.82, 2.24) is 5.32 Å². The first-order valence-electron chi connectivity index (χ1n) is 4.60. The molecule has 0 aromatic carbocycles. The van der Waals surface area contributed by atoms with E-state index in [4.69, 9.17) is 0 Å². The zero-order valence-electron chi connectivity index (χ0n) is 8.78. The Labute approximate surface area is 76.6 Å². The first-order valence-corrected chi connectivity index (χ1v) is 4.60. The lowest BCUT2D eigenvalue weighted by molar-refractivity contribution is 0.868. The maximum Gasteiger partial charge on any atom is 0.0158 e. The molecule has 1 N–H and O–H groups in total. The van der Waals surface area contributed by atoms with Gasteiger partial charge in [0.15, 0.2) is 0 Å². The lowest BCUT2D eigenvalue weighted by atomic mass is 10.2. The zero-order valence-corrected chi connectivity index (χ0v) is 8.78. The van der Waals surface area contributed by atoms with Crippen molar-refractivity contribution in [3.63, 3.8) is 0 Å². The molecule has 0 fully saturated rings. The Hall–Kier alpha value is -0.560. The van der Waals surface area contributed by atoms with Gasteiger partial charge in [-0.25, -0.2) is 0 Å². The Morgan fingerprint density at radius 3 is 2.17 bits per heavy atom. The Bertz CT molecular complexity index is 162. The third-order valence-electron chi connectivity index (χ3n) is 1.67. The number of hydrogen-bond donors (Lipinski definition) is 1. The summed E-state index contributed by atoms with van der Waals surface area (Å²) < 4.78 is 0. The molecule has 0 rings (SSSR count). The van der Waals surface area contributed by atoms with Crippen LogP contribution >= 0.6 is 0 Å². The Morgan fingerprint density at radius 2 is 1.67 bits per heavy atom. The molecule has 0 aliphatic rings. The second-order valence-electron chi connectivity index (χ2n) is 3.44. The molecule has 12 heavy (non-hydrogen) atoms. The normalized spacial score (nSPS) is 11.5. The predicted molar refractivity (Wildman–Crippen MR) is 56.3 cm³/mol. The van der Waals surface area contributed by atoms with Gasteiger partial charge >= 0.3 is 0 Å². The standard InChI is InChI=1S/C11H21N/c1-10(2)7-5-6-8-11(3)9-12-4/h7-8,12H,5-6,9H2,1-4H3/b11-8+. The lowest BCUT2D eigenvalue weighted by Gasteiger charge is -1.98. The van der Waals surface area contributed by atoms with Gasteiger partial charge in [0.25, 0.3) is 0 Å². The maximum atomic E-state index is 3.13. The van der Waals surface area contributed by atoms with Crippen molar-refractivity contribution in [1.29, 1.82) is 0 Å². The molecule has 0 saturated carbocycles. The summed E-state index contributed by atoms with van der Waals surface area (Å²) in [5.74, 6) is 0. The van der Waals surface area contributed by atoms with E-state index in [1.165, 1.54) is 24.0 Å². The molecule has 0 amide bonds. The molecule has 0 bridgehead atoms. The maximum absolute atomic E-state index is 3.13. The first kappa shape index (κ1) is 11.4. The summed E-state index contributed by atoms with van der Waals surface area (Å²) in [6, 6.07) is 0. The molecule has 0 aliphatic heterocycles. The molecule has 0 heterocycles. The van der Waals surface area contributed by atoms with Crippen molar-refractivity contribution in [3.8, 4) is 0 Å². The van der Waals surface area contributed by atoms with Crippen LogP contribution in [-0.2, 0) is 0 Å². The topological polar surface area (TPSA) is 12.0 Å². The number of rotatable bonds is 5. The monoisotopic (exact) mass is 167 g/mol. The van der Waals surface area contributed by atoms with E-state index in [2.05, 4.69) is 38.2 Å². The molecular formula is C11H21N. The van der Waals surface area contributed by atoms with Crippen LogP contribution < -0.4 is 5.32 Å². The fourth-order valence-electron chi connectivity index (χ4n) is 1.05. The third kappa shape index (κ3) is 7.55.